The summed E-state index contributed by atoms with van der Waals surface area (Å²) >= 11 is 1.23. The molecule has 0 N–H and O–H groups in total. The second kappa shape index (κ2) is 8.80. The molecule has 5 rings (SSSR count). The fourth-order valence-electron chi connectivity index (χ4n) is 3.79. The standard InChI is InChI=1S/C23H19F2N5O2S/c24-17-6-4-15(5-7-17)22(32)29-10-8-28(9-11-29)14-19-13-20(31)30-23(26-19)33-21(27-30)16-2-1-3-18(25)12-16/h1-7,12-13H,8-11,14H2. The van der Waals surface area contributed by atoms with Crippen LogP contribution in [0.5, 0.6) is 0 Å². The fourth-order valence-corrected chi connectivity index (χ4v) is 4.71. The van der Waals surface area contributed by atoms with Crippen molar-refractivity contribution in [2.75, 3.05) is 26.2 Å². The van der Waals surface area contributed by atoms with Gasteiger partial charge in [-0.25, -0.2) is 13.8 Å². The molecule has 10 heteroatoms. The molecule has 3 heterocycles. The van der Waals surface area contributed by atoms with E-state index in [-0.39, 0.29) is 23.1 Å². The zero-order valence-corrected chi connectivity index (χ0v) is 18.3. The van der Waals surface area contributed by atoms with Gasteiger partial charge in [-0.1, -0.05) is 23.5 Å². The van der Waals surface area contributed by atoms with Gasteiger partial charge in [0.1, 0.15) is 16.6 Å². The fraction of sp³-hybridized carbons (Fsp3) is 0.217. The highest BCUT2D eigenvalue weighted by Crippen LogP contribution is 2.25. The maximum Gasteiger partial charge on any atom is 0.275 e. The van der Waals surface area contributed by atoms with Crippen molar-refractivity contribution in [1.82, 2.24) is 24.4 Å². The second-order valence-electron chi connectivity index (χ2n) is 7.77. The molecule has 2 aromatic heterocycles. The van der Waals surface area contributed by atoms with E-state index >= 15 is 0 Å². The molecule has 0 radical (unpaired) electrons. The molecule has 0 atom stereocenters. The molecular formula is C23H19F2N5O2S. The Bertz CT molecular complexity index is 1380. The minimum absolute atomic E-state index is 0.123. The number of hydrogen-bond donors (Lipinski definition) is 0. The topological polar surface area (TPSA) is 70.8 Å². The maximum absolute atomic E-state index is 13.5. The lowest BCUT2D eigenvalue weighted by molar-refractivity contribution is 0.0627. The van der Waals surface area contributed by atoms with Crippen LogP contribution in [-0.4, -0.2) is 56.5 Å². The Morgan fingerprint density at radius 2 is 1.73 bits per heavy atom. The highest BCUT2D eigenvalue weighted by atomic mass is 32.1. The first-order valence-corrected chi connectivity index (χ1v) is 11.2. The molecule has 1 fully saturated rings. The van der Waals surface area contributed by atoms with Crippen molar-refractivity contribution in [2.24, 2.45) is 0 Å². The van der Waals surface area contributed by atoms with Crippen molar-refractivity contribution in [3.63, 3.8) is 0 Å². The van der Waals surface area contributed by atoms with E-state index in [1.54, 1.807) is 17.0 Å². The van der Waals surface area contributed by atoms with Gasteiger partial charge in [0, 0.05) is 49.9 Å². The van der Waals surface area contributed by atoms with Gasteiger partial charge in [-0.15, -0.1) is 0 Å². The van der Waals surface area contributed by atoms with Gasteiger partial charge in [0.25, 0.3) is 11.5 Å². The summed E-state index contributed by atoms with van der Waals surface area (Å²) in [5.41, 5.74) is 1.38. The number of amides is 1. The molecule has 168 valence electrons. The second-order valence-corrected chi connectivity index (χ2v) is 8.73. The predicted octanol–water partition coefficient (Wildman–Crippen LogP) is 3.05. The SMILES string of the molecule is O=C(c1ccc(F)cc1)N1CCN(Cc2cc(=O)n3nc(-c4cccc(F)c4)sc3n2)CC1. The molecular weight excluding hydrogens is 448 g/mol. The van der Waals surface area contributed by atoms with Crippen molar-refractivity contribution < 1.29 is 13.6 Å². The van der Waals surface area contributed by atoms with Gasteiger partial charge in [-0.3, -0.25) is 14.5 Å². The Morgan fingerprint density at radius 1 is 0.970 bits per heavy atom. The van der Waals surface area contributed by atoms with Crippen LogP contribution in [-0.2, 0) is 6.54 Å². The van der Waals surface area contributed by atoms with E-state index in [1.165, 1.54) is 58.3 Å². The van der Waals surface area contributed by atoms with Gasteiger partial charge < -0.3 is 4.90 Å². The van der Waals surface area contributed by atoms with Crippen LogP contribution < -0.4 is 5.56 Å². The van der Waals surface area contributed by atoms with Gasteiger partial charge in [-0.05, 0) is 36.4 Å². The maximum atomic E-state index is 13.5. The van der Waals surface area contributed by atoms with Crippen LogP contribution in [0.2, 0.25) is 0 Å². The molecule has 7 nitrogen and oxygen atoms in total. The van der Waals surface area contributed by atoms with E-state index in [4.69, 9.17) is 0 Å². The third kappa shape index (κ3) is 4.53. The van der Waals surface area contributed by atoms with E-state index in [9.17, 15) is 18.4 Å². The van der Waals surface area contributed by atoms with Gasteiger partial charge in [0.15, 0.2) is 0 Å². The lowest BCUT2D eigenvalue weighted by atomic mass is 10.1. The van der Waals surface area contributed by atoms with Gasteiger partial charge >= 0.3 is 0 Å². The number of carbonyl (C=O) groups excluding carboxylic acids is 1. The molecule has 1 aliphatic rings. The largest absolute Gasteiger partial charge is 0.336 e. The van der Waals surface area contributed by atoms with Crippen molar-refractivity contribution >= 4 is 22.2 Å². The van der Waals surface area contributed by atoms with Crippen LogP contribution in [0.25, 0.3) is 15.5 Å². The third-order valence-electron chi connectivity index (χ3n) is 5.51. The average molecular weight is 468 g/mol. The molecule has 0 spiro atoms. The quantitative estimate of drug-likeness (QED) is 0.462. The molecule has 1 aliphatic heterocycles. The molecule has 4 aromatic rings. The molecule has 1 saturated heterocycles. The lowest BCUT2D eigenvalue weighted by Crippen LogP contribution is -2.48. The van der Waals surface area contributed by atoms with Gasteiger partial charge in [-0.2, -0.15) is 9.61 Å². The highest BCUT2D eigenvalue weighted by Gasteiger charge is 2.23. The van der Waals surface area contributed by atoms with Crippen molar-refractivity contribution in [1.29, 1.82) is 0 Å². The smallest absolute Gasteiger partial charge is 0.275 e. The van der Waals surface area contributed by atoms with E-state index in [0.717, 1.165) is 0 Å². The summed E-state index contributed by atoms with van der Waals surface area (Å²) < 4.78 is 27.9. The van der Waals surface area contributed by atoms with Gasteiger partial charge in [0.2, 0.25) is 4.96 Å². The Labute approximate surface area is 191 Å². The number of aromatic nitrogens is 3. The van der Waals surface area contributed by atoms with Crippen molar-refractivity contribution in [3.05, 3.63) is 87.8 Å². The van der Waals surface area contributed by atoms with E-state index in [0.29, 0.717) is 59.5 Å². The first kappa shape index (κ1) is 21.4. The average Bonchev–Trinajstić information content (AvgIpc) is 3.25. The summed E-state index contributed by atoms with van der Waals surface area (Å²) in [5, 5.41) is 4.81. The molecule has 33 heavy (non-hydrogen) atoms. The molecule has 0 saturated carbocycles. The van der Waals surface area contributed by atoms with Crippen LogP contribution in [0.1, 0.15) is 16.1 Å². The van der Waals surface area contributed by atoms with E-state index < -0.39 is 0 Å². The number of piperazine rings is 1. The van der Waals surface area contributed by atoms with E-state index in [1.807, 2.05) is 0 Å². The number of hydrogen-bond acceptors (Lipinski definition) is 6. The van der Waals surface area contributed by atoms with Crippen LogP contribution in [0.3, 0.4) is 0 Å². The summed E-state index contributed by atoms with van der Waals surface area (Å²) in [6.45, 7) is 2.79. The Hall–Kier alpha value is -3.50. The van der Waals surface area contributed by atoms with Crippen LogP contribution in [0.4, 0.5) is 8.78 Å². The summed E-state index contributed by atoms with van der Waals surface area (Å²) in [6.07, 6.45) is 0. The summed E-state index contributed by atoms with van der Waals surface area (Å²) in [6, 6.07) is 13.1. The van der Waals surface area contributed by atoms with E-state index in [2.05, 4.69) is 15.0 Å². The van der Waals surface area contributed by atoms with Crippen molar-refractivity contribution in [3.8, 4) is 10.6 Å². The predicted molar refractivity (Wildman–Crippen MR) is 120 cm³/mol. The first-order valence-electron chi connectivity index (χ1n) is 10.4. The molecule has 2 aromatic carbocycles. The molecule has 1 amide bonds. The van der Waals surface area contributed by atoms with Crippen LogP contribution >= 0.6 is 11.3 Å². The lowest BCUT2D eigenvalue weighted by Gasteiger charge is -2.34. The molecule has 0 aliphatic carbocycles. The number of nitrogens with zero attached hydrogens (tertiary/aromatic N) is 5. The monoisotopic (exact) mass is 467 g/mol. The first-order chi connectivity index (χ1) is 16.0. The van der Waals surface area contributed by atoms with Crippen molar-refractivity contribution in [2.45, 2.75) is 6.54 Å². The zero-order valence-electron chi connectivity index (χ0n) is 17.4. The summed E-state index contributed by atoms with van der Waals surface area (Å²) in [7, 11) is 0. The van der Waals surface area contributed by atoms with Crippen LogP contribution in [0.15, 0.2) is 59.4 Å². The Kier molecular flexibility index (Phi) is 5.69. The Morgan fingerprint density at radius 3 is 2.45 bits per heavy atom. The third-order valence-corrected chi connectivity index (χ3v) is 6.46. The Balaban J connectivity index is 1.27. The zero-order chi connectivity index (χ0) is 22.9. The summed E-state index contributed by atoms with van der Waals surface area (Å²) in [5.74, 6) is -0.868. The number of rotatable bonds is 4. The summed E-state index contributed by atoms with van der Waals surface area (Å²) in [4.78, 5) is 34.1. The number of halogens is 2. The normalized spacial score (nSPS) is 14.7. The molecule has 0 unspecified atom stereocenters. The van der Waals surface area contributed by atoms with Crippen LogP contribution in [0, 0.1) is 11.6 Å². The number of benzene rings is 2. The minimum Gasteiger partial charge on any atom is -0.336 e. The minimum atomic E-state index is -0.374. The highest BCUT2D eigenvalue weighted by molar-refractivity contribution is 7.19. The molecule has 0 bridgehead atoms. The number of fused-ring (bicyclic) bond motifs is 1. The number of carbonyl (C=O) groups is 1. The van der Waals surface area contributed by atoms with Gasteiger partial charge in [0.05, 0.1) is 5.69 Å².